The SMILES string of the molecule is COCCOCCN(CCC(=O)O)c1ccccc1N. The van der Waals surface area contributed by atoms with E-state index in [1.54, 1.807) is 13.2 Å². The fourth-order valence-corrected chi connectivity index (χ4v) is 1.78. The predicted molar refractivity (Wildman–Crippen MR) is 78.0 cm³/mol. The Balaban J connectivity index is 2.56. The lowest BCUT2D eigenvalue weighted by atomic mass is 10.2. The first-order valence-corrected chi connectivity index (χ1v) is 6.53. The van der Waals surface area contributed by atoms with E-state index in [1.165, 1.54) is 0 Å². The minimum Gasteiger partial charge on any atom is -0.481 e. The Morgan fingerprint density at radius 1 is 1.25 bits per heavy atom. The molecule has 3 N–H and O–H groups in total. The van der Waals surface area contributed by atoms with E-state index in [4.69, 9.17) is 20.3 Å². The Kier molecular flexibility index (Phi) is 7.46. The van der Waals surface area contributed by atoms with Crippen molar-refractivity contribution in [3.63, 3.8) is 0 Å². The van der Waals surface area contributed by atoms with E-state index in [0.29, 0.717) is 38.6 Å². The molecule has 0 spiro atoms. The maximum Gasteiger partial charge on any atom is 0.305 e. The average Bonchev–Trinajstić information content (AvgIpc) is 2.43. The van der Waals surface area contributed by atoms with Crippen LogP contribution in [0.3, 0.4) is 0 Å². The van der Waals surface area contributed by atoms with Gasteiger partial charge < -0.3 is 25.2 Å². The number of ether oxygens (including phenoxy) is 2. The van der Waals surface area contributed by atoms with Gasteiger partial charge in [0.15, 0.2) is 0 Å². The second kappa shape index (κ2) is 9.17. The lowest BCUT2D eigenvalue weighted by Crippen LogP contribution is -2.30. The number of carboxylic acid groups (broad SMARTS) is 1. The van der Waals surface area contributed by atoms with Crippen molar-refractivity contribution in [1.82, 2.24) is 0 Å². The third-order valence-corrected chi connectivity index (χ3v) is 2.81. The molecule has 112 valence electrons. The number of nitrogen functional groups attached to an aromatic ring is 1. The number of aliphatic carboxylic acids is 1. The summed E-state index contributed by atoms with van der Waals surface area (Å²) in [7, 11) is 1.62. The fraction of sp³-hybridized carbons (Fsp3) is 0.500. The maximum absolute atomic E-state index is 10.7. The third-order valence-electron chi connectivity index (χ3n) is 2.81. The Morgan fingerprint density at radius 3 is 2.65 bits per heavy atom. The van der Waals surface area contributed by atoms with E-state index in [9.17, 15) is 4.79 Å². The number of hydrogen-bond acceptors (Lipinski definition) is 5. The van der Waals surface area contributed by atoms with Gasteiger partial charge in [0.25, 0.3) is 0 Å². The van der Waals surface area contributed by atoms with E-state index in [2.05, 4.69) is 0 Å². The molecular formula is C14H22N2O4. The van der Waals surface area contributed by atoms with Gasteiger partial charge in [0.1, 0.15) is 0 Å². The van der Waals surface area contributed by atoms with Crippen molar-refractivity contribution in [2.75, 3.05) is 50.7 Å². The van der Waals surface area contributed by atoms with Gasteiger partial charge in [0, 0.05) is 20.2 Å². The van der Waals surface area contributed by atoms with Gasteiger partial charge in [0.2, 0.25) is 0 Å². The molecule has 1 aromatic rings. The van der Waals surface area contributed by atoms with Crippen LogP contribution in [0.5, 0.6) is 0 Å². The van der Waals surface area contributed by atoms with E-state index >= 15 is 0 Å². The van der Waals surface area contributed by atoms with Crippen molar-refractivity contribution in [2.24, 2.45) is 0 Å². The second-order valence-electron chi connectivity index (χ2n) is 4.29. The van der Waals surface area contributed by atoms with Gasteiger partial charge in [-0.15, -0.1) is 0 Å². The van der Waals surface area contributed by atoms with Crippen molar-refractivity contribution >= 4 is 17.3 Å². The number of hydrogen-bond donors (Lipinski definition) is 2. The molecule has 6 heteroatoms. The molecule has 0 unspecified atom stereocenters. The van der Waals surface area contributed by atoms with E-state index in [-0.39, 0.29) is 6.42 Å². The summed E-state index contributed by atoms with van der Waals surface area (Å²) in [5, 5.41) is 8.81. The molecule has 0 saturated heterocycles. The van der Waals surface area contributed by atoms with Crippen LogP contribution < -0.4 is 10.6 Å². The molecule has 0 aromatic heterocycles. The molecule has 0 aliphatic heterocycles. The van der Waals surface area contributed by atoms with Crippen LogP contribution in [-0.4, -0.2) is 51.1 Å². The van der Waals surface area contributed by atoms with Crippen molar-refractivity contribution in [1.29, 1.82) is 0 Å². The van der Waals surface area contributed by atoms with Gasteiger partial charge in [0.05, 0.1) is 37.6 Å². The van der Waals surface area contributed by atoms with Crippen molar-refractivity contribution in [3.8, 4) is 0 Å². The van der Waals surface area contributed by atoms with Crippen LogP contribution in [0.4, 0.5) is 11.4 Å². The summed E-state index contributed by atoms with van der Waals surface area (Å²) in [6.45, 7) is 2.55. The molecule has 0 radical (unpaired) electrons. The Morgan fingerprint density at radius 2 is 2.00 bits per heavy atom. The van der Waals surface area contributed by atoms with E-state index in [0.717, 1.165) is 5.69 Å². The van der Waals surface area contributed by atoms with Crippen LogP contribution in [0.2, 0.25) is 0 Å². The standard InChI is InChI=1S/C14H22N2O4/c1-19-10-11-20-9-8-16(7-6-14(17)18)13-5-3-2-4-12(13)15/h2-5H,6-11,15H2,1H3,(H,17,18). The number of para-hydroxylation sites is 2. The van der Waals surface area contributed by atoms with Gasteiger partial charge in [-0.05, 0) is 12.1 Å². The molecule has 20 heavy (non-hydrogen) atoms. The normalized spacial score (nSPS) is 10.4. The number of nitrogens with zero attached hydrogens (tertiary/aromatic N) is 1. The minimum absolute atomic E-state index is 0.0619. The fourth-order valence-electron chi connectivity index (χ4n) is 1.78. The number of methoxy groups -OCH3 is 1. The number of carbonyl (C=O) groups is 1. The number of benzene rings is 1. The van der Waals surface area contributed by atoms with Gasteiger partial charge in [-0.1, -0.05) is 12.1 Å². The predicted octanol–water partition coefficient (Wildman–Crippen LogP) is 1.21. The summed E-state index contributed by atoms with van der Waals surface area (Å²) in [5.41, 5.74) is 7.40. The monoisotopic (exact) mass is 282 g/mol. The molecule has 0 aliphatic rings. The van der Waals surface area contributed by atoms with Gasteiger partial charge in [-0.3, -0.25) is 4.79 Å². The van der Waals surface area contributed by atoms with Crippen LogP contribution in [0.1, 0.15) is 6.42 Å². The highest BCUT2D eigenvalue weighted by Crippen LogP contribution is 2.22. The highest BCUT2D eigenvalue weighted by atomic mass is 16.5. The van der Waals surface area contributed by atoms with Crippen LogP contribution in [0.25, 0.3) is 0 Å². The highest BCUT2D eigenvalue weighted by Gasteiger charge is 2.11. The molecule has 0 fully saturated rings. The molecule has 6 nitrogen and oxygen atoms in total. The quantitative estimate of drug-likeness (QED) is 0.495. The first kappa shape index (κ1) is 16.3. The number of rotatable bonds is 10. The number of nitrogens with two attached hydrogens (primary N) is 1. The van der Waals surface area contributed by atoms with Crippen LogP contribution in [-0.2, 0) is 14.3 Å². The Labute approximate surface area is 119 Å². The largest absolute Gasteiger partial charge is 0.481 e. The molecular weight excluding hydrogens is 260 g/mol. The summed E-state index contributed by atoms with van der Waals surface area (Å²) >= 11 is 0. The highest BCUT2D eigenvalue weighted by molar-refractivity contribution is 5.70. The summed E-state index contributed by atoms with van der Waals surface area (Å²) in [6.07, 6.45) is 0.0619. The lowest BCUT2D eigenvalue weighted by molar-refractivity contribution is -0.136. The minimum atomic E-state index is -0.829. The molecule has 1 rings (SSSR count). The molecule has 0 bridgehead atoms. The first-order chi connectivity index (χ1) is 9.65. The zero-order valence-electron chi connectivity index (χ0n) is 11.7. The molecule has 0 amide bonds. The molecule has 0 saturated carbocycles. The topological polar surface area (TPSA) is 85.0 Å². The van der Waals surface area contributed by atoms with Crippen LogP contribution in [0.15, 0.2) is 24.3 Å². The van der Waals surface area contributed by atoms with E-state index < -0.39 is 5.97 Å². The summed E-state index contributed by atoms with van der Waals surface area (Å²) in [4.78, 5) is 12.7. The molecule has 1 aromatic carbocycles. The van der Waals surface area contributed by atoms with Crippen molar-refractivity contribution < 1.29 is 19.4 Å². The van der Waals surface area contributed by atoms with Gasteiger partial charge >= 0.3 is 5.97 Å². The Hall–Kier alpha value is -1.79. The summed E-state index contributed by atoms with van der Waals surface area (Å²) in [6, 6.07) is 7.41. The summed E-state index contributed by atoms with van der Waals surface area (Å²) in [5.74, 6) is -0.829. The third kappa shape index (κ3) is 5.90. The first-order valence-electron chi connectivity index (χ1n) is 6.53. The molecule has 0 aliphatic carbocycles. The number of carboxylic acids is 1. The van der Waals surface area contributed by atoms with E-state index in [1.807, 2.05) is 23.1 Å². The summed E-state index contributed by atoms with van der Waals surface area (Å²) < 4.78 is 10.3. The lowest BCUT2D eigenvalue weighted by Gasteiger charge is -2.25. The Bertz CT molecular complexity index is 412. The van der Waals surface area contributed by atoms with Crippen LogP contribution >= 0.6 is 0 Å². The molecule has 0 atom stereocenters. The van der Waals surface area contributed by atoms with Crippen LogP contribution in [0, 0.1) is 0 Å². The maximum atomic E-state index is 10.7. The van der Waals surface area contributed by atoms with Gasteiger partial charge in [-0.2, -0.15) is 0 Å². The smallest absolute Gasteiger partial charge is 0.305 e. The molecule has 0 heterocycles. The van der Waals surface area contributed by atoms with Crippen molar-refractivity contribution in [3.05, 3.63) is 24.3 Å². The zero-order chi connectivity index (χ0) is 14.8. The number of anilines is 2. The van der Waals surface area contributed by atoms with Gasteiger partial charge in [-0.25, -0.2) is 0 Å². The zero-order valence-corrected chi connectivity index (χ0v) is 11.7. The second-order valence-corrected chi connectivity index (χ2v) is 4.29. The van der Waals surface area contributed by atoms with Crippen molar-refractivity contribution in [2.45, 2.75) is 6.42 Å². The average molecular weight is 282 g/mol.